The molecule has 1 aromatic heterocycles. The van der Waals surface area contributed by atoms with Gasteiger partial charge < -0.3 is 10.6 Å². The number of halogens is 1. The molecule has 0 aliphatic carbocycles. The number of hydrogen-bond acceptors (Lipinski definition) is 5. The van der Waals surface area contributed by atoms with E-state index in [1.807, 2.05) is 56.3 Å². The van der Waals surface area contributed by atoms with E-state index in [4.69, 9.17) is 0 Å². The Labute approximate surface area is 153 Å². The molecule has 8 heteroatoms. The Morgan fingerprint density at radius 1 is 1.12 bits per heavy atom. The van der Waals surface area contributed by atoms with Gasteiger partial charge in [-0.05, 0) is 66.2 Å². The fourth-order valence-corrected chi connectivity index (χ4v) is 2.59. The average Bonchev–Trinajstić information content (AvgIpc) is 3.02. The van der Waals surface area contributed by atoms with Gasteiger partial charge in [-0.25, -0.2) is 0 Å². The van der Waals surface area contributed by atoms with Crippen LogP contribution in [0.1, 0.15) is 11.4 Å². The van der Waals surface area contributed by atoms with E-state index in [0.29, 0.717) is 5.82 Å². The summed E-state index contributed by atoms with van der Waals surface area (Å²) in [7, 11) is 0. The van der Waals surface area contributed by atoms with Gasteiger partial charge in [0.25, 0.3) is 0 Å². The third-order valence-electron chi connectivity index (χ3n) is 3.64. The standard InChI is InChI=1S/C17H17BrN6O/c1-11-3-6-15(9-16(11)24-12(2)21-22-23-24)19-10-17(25)20-14-7-4-13(18)5-8-14/h3-9,19H,10H2,1-2H3,(H,20,25). The van der Waals surface area contributed by atoms with Crippen molar-refractivity contribution in [1.29, 1.82) is 0 Å². The number of nitrogens with zero attached hydrogens (tertiary/aromatic N) is 4. The summed E-state index contributed by atoms with van der Waals surface area (Å²) in [6.45, 7) is 3.98. The topological polar surface area (TPSA) is 84.7 Å². The Kier molecular flexibility index (Phi) is 5.08. The van der Waals surface area contributed by atoms with Crippen molar-refractivity contribution >= 4 is 33.2 Å². The molecule has 0 fully saturated rings. The second-order valence-electron chi connectivity index (χ2n) is 5.55. The predicted molar refractivity (Wildman–Crippen MR) is 99.9 cm³/mol. The molecule has 0 unspecified atom stereocenters. The van der Waals surface area contributed by atoms with E-state index in [2.05, 4.69) is 42.1 Å². The molecule has 1 amide bonds. The van der Waals surface area contributed by atoms with Gasteiger partial charge in [0, 0.05) is 15.8 Å². The molecule has 0 saturated carbocycles. The largest absolute Gasteiger partial charge is 0.376 e. The molecular formula is C17H17BrN6O. The van der Waals surface area contributed by atoms with Crippen molar-refractivity contribution in [3.8, 4) is 5.69 Å². The molecule has 128 valence electrons. The van der Waals surface area contributed by atoms with Gasteiger partial charge in [0.1, 0.15) is 0 Å². The molecule has 2 aromatic carbocycles. The highest BCUT2D eigenvalue weighted by atomic mass is 79.9. The Morgan fingerprint density at radius 3 is 2.52 bits per heavy atom. The van der Waals surface area contributed by atoms with Crippen LogP contribution in [0.25, 0.3) is 5.69 Å². The molecule has 0 radical (unpaired) electrons. The summed E-state index contributed by atoms with van der Waals surface area (Å²) < 4.78 is 2.64. The first-order valence-electron chi connectivity index (χ1n) is 7.68. The molecule has 0 saturated heterocycles. The van der Waals surface area contributed by atoms with Crippen molar-refractivity contribution < 1.29 is 4.79 Å². The molecule has 0 spiro atoms. The Hall–Kier alpha value is -2.74. The van der Waals surface area contributed by atoms with E-state index in [1.54, 1.807) is 4.68 Å². The molecule has 0 aliphatic rings. The lowest BCUT2D eigenvalue weighted by molar-refractivity contribution is -0.114. The zero-order chi connectivity index (χ0) is 17.8. The number of aromatic nitrogens is 4. The van der Waals surface area contributed by atoms with Crippen LogP contribution in [0.4, 0.5) is 11.4 Å². The van der Waals surface area contributed by atoms with E-state index < -0.39 is 0 Å². The summed E-state index contributed by atoms with van der Waals surface area (Å²) in [5.41, 5.74) is 3.49. The maximum atomic E-state index is 12.1. The van der Waals surface area contributed by atoms with Crippen molar-refractivity contribution in [2.75, 3.05) is 17.2 Å². The van der Waals surface area contributed by atoms with E-state index in [1.165, 1.54) is 0 Å². The van der Waals surface area contributed by atoms with Crippen molar-refractivity contribution in [3.05, 3.63) is 58.3 Å². The van der Waals surface area contributed by atoms with E-state index in [0.717, 1.165) is 27.1 Å². The van der Waals surface area contributed by atoms with E-state index in [-0.39, 0.29) is 12.5 Å². The zero-order valence-corrected chi connectivity index (χ0v) is 15.4. The van der Waals surface area contributed by atoms with Crippen molar-refractivity contribution in [3.63, 3.8) is 0 Å². The summed E-state index contributed by atoms with van der Waals surface area (Å²) in [4.78, 5) is 12.1. The van der Waals surface area contributed by atoms with Gasteiger partial charge in [-0.2, -0.15) is 4.68 Å². The van der Waals surface area contributed by atoms with Gasteiger partial charge in [0.15, 0.2) is 5.82 Å². The second-order valence-corrected chi connectivity index (χ2v) is 6.46. The summed E-state index contributed by atoms with van der Waals surface area (Å²) in [6.07, 6.45) is 0. The first-order valence-corrected chi connectivity index (χ1v) is 8.47. The molecule has 2 N–H and O–H groups in total. The van der Waals surface area contributed by atoms with Crippen LogP contribution in [0.3, 0.4) is 0 Å². The molecule has 1 heterocycles. The quantitative estimate of drug-likeness (QED) is 0.687. The number of rotatable bonds is 5. The SMILES string of the molecule is Cc1ccc(NCC(=O)Nc2ccc(Br)cc2)cc1-n1nnnc1C. The van der Waals surface area contributed by atoms with Crippen molar-refractivity contribution in [2.45, 2.75) is 13.8 Å². The minimum Gasteiger partial charge on any atom is -0.376 e. The number of carbonyl (C=O) groups excluding carboxylic acids is 1. The number of amides is 1. The van der Waals surface area contributed by atoms with Crippen LogP contribution >= 0.6 is 15.9 Å². The van der Waals surface area contributed by atoms with Gasteiger partial charge in [-0.15, -0.1) is 5.10 Å². The minimum absolute atomic E-state index is 0.122. The maximum absolute atomic E-state index is 12.1. The lowest BCUT2D eigenvalue weighted by Crippen LogP contribution is -2.21. The summed E-state index contributed by atoms with van der Waals surface area (Å²) >= 11 is 3.37. The Balaban J connectivity index is 1.66. The lowest BCUT2D eigenvalue weighted by atomic mass is 10.2. The molecule has 3 rings (SSSR count). The number of tetrazole rings is 1. The highest BCUT2D eigenvalue weighted by molar-refractivity contribution is 9.10. The Bertz CT molecular complexity index is 890. The minimum atomic E-state index is -0.122. The van der Waals surface area contributed by atoms with E-state index in [9.17, 15) is 4.79 Å². The maximum Gasteiger partial charge on any atom is 0.243 e. The molecule has 0 bridgehead atoms. The third-order valence-corrected chi connectivity index (χ3v) is 4.17. The first kappa shape index (κ1) is 17.1. The van der Waals surface area contributed by atoms with Gasteiger partial charge in [-0.3, -0.25) is 4.79 Å². The molecule has 3 aromatic rings. The molecule has 0 aliphatic heterocycles. The fourth-order valence-electron chi connectivity index (χ4n) is 2.32. The van der Waals surface area contributed by atoms with Crippen LogP contribution in [-0.4, -0.2) is 32.7 Å². The number of nitrogens with one attached hydrogen (secondary N) is 2. The van der Waals surface area contributed by atoms with Crippen molar-refractivity contribution in [1.82, 2.24) is 20.2 Å². The second kappa shape index (κ2) is 7.43. The molecular weight excluding hydrogens is 384 g/mol. The predicted octanol–water partition coefficient (Wildman–Crippen LogP) is 3.09. The smallest absolute Gasteiger partial charge is 0.243 e. The van der Waals surface area contributed by atoms with Crippen LogP contribution in [0, 0.1) is 13.8 Å². The van der Waals surface area contributed by atoms with Crippen LogP contribution in [0.15, 0.2) is 46.9 Å². The normalized spacial score (nSPS) is 10.5. The van der Waals surface area contributed by atoms with Crippen molar-refractivity contribution in [2.24, 2.45) is 0 Å². The molecule has 0 atom stereocenters. The lowest BCUT2D eigenvalue weighted by Gasteiger charge is -2.11. The third kappa shape index (κ3) is 4.21. The van der Waals surface area contributed by atoms with Gasteiger partial charge in [-0.1, -0.05) is 22.0 Å². The van der Waals surface area contributed by atoms with Gasteiger partial charge >= 0.3 is 0 Å². The summed E-state index contributed by atoms with van der Waals surface area (Å²) in [6, 6.07) is 13.2. The monoisotopic (exact) mass is 400 g/mol. The van der Waals surface area contributed by atoms with Crippen LogP contribution < -0.4 is 10.6 Å². The summed E-state index contributed by atoms with van der Waals surface area (Å²) in [5.74, 6) is 0.580. The Morgan fingerprint density at radius 2 is 1.84 bits per heavy atom. The number of benzene rings is 2. The van der Waals surface area contributed by atoms with E-state index >= 15 is 0 Å². The number of hydrogen-bond donors (Lipinski definition) is 2. The number of carbonyl (C=O) groups is 1. The molecule has 7 nitrogen and oxygen atoms in total. The summed E-state index contributed by atoms with van der Waals surface area (Å²) in [5, 5.41) is 17.5. The van der Waals surface area contributed by atoms with Crippen LogP contribution in [0.5, 0.6) is 0 Å². The number of aryl methyl sites for hydroxylation is 2. The highest BCUT2D eigenvalue weighted by Gasteiger charge is 2.09. The van der Waals surface area contributed by atoms with Gasteiger partial charge in [0.05, 0.1) is 12.2 Å². The first-order chi connectivity index (χ1) is 12.0. The highest BCUT2D eigenvalue weighted by Crippen LogP contribution is 2.19. The average molecular weight is 401 g/mol. The van der Waals surface area contributed by atoms with Crippen LogP contribution in [-0.2, 0) is 4.79 Å². The fraction of sp³-hybridized carbons (Fsp3) is 0.176. The van der Waals surface area contributed by atoms with Gasteiger partial charge in [0.2, 0.25) is 5.91 Å². The number of anilines is 2. The van der Waals surface area contributed by atoms with Crippen LogP contribution in [0.2, 0.25) is 0 Å². The zero-order valence-electron chi connectivity index (χ0n) is 13.8. The molecule has 25 heavy (non-hydrogen) atoms.